The number of phenols is 1. The van der Waals surface area contributed by atoms with Gasteiger partial charge in [-0.3, -0.25) is 0 Å². The summed E-state index contributed by atoms with van der Waals surface area (Å²) >= 11 is 3.16. The van der Waals surface area contributed by atoms with Crippen molar-refractivity contribution < 1.29 is 28.6 Å². The number of hydrogen-bond acceptors (Lipinski definition) is 10. The van der Waals surface area contributed by atoms with Gasteiger partial charge in [0.1, 0.15) is 22.6 Å². The van der Waals surface area contributed by atoms with Gasteiger partial charge in [-0.2, -0.15) is 0 Å². The molecule has 0 amide bonds. The van der Waals surface area contributed by atoms with Crippen molar-refractivity contribution in [1.29, 1.82) is 0 Å². The van der Waals surface area contributed by atoms with Gasteiger partial charge in [0.25, 0.3) is 0 Å². The fraction of sp³-hybridized carbons (Fsp3) is 0.200. The number of aliphatic imine (C=N–C) groups is 2. The van der Waals surface area contributed by atoms with E-state index in [1.807, 2.05) is 110 Å². The number of phenolic OH excluding ortho intramolecular Hbond substituents is 1. The van der Waals surface area contributed by atoms with Crippen LogP contribution in [0.2, 0.25) is 5.04 Å². The van der Waals surface area contributed by atoms with E-state index in [4.69, 9.17) is 25.4 Å². The van der Waals surface area contributed by atoms with Crippen LogP contribution in [0.4, 0.5) is 11.4 Å². The molecule has 0 saturated heterocycles. The minimum atomic E-state index is -3.03. The molecule has 10 nitrogen and oxygen atoms in total. The van der Waals surface area contributed by atoms with Crippen molar-refractivity contribution in [3.05, 3.63) is 167 Å². The van der Waals surface area contributed by atoms with Gasteiger partial charge in [-0.1, -0.05) is 118 Å². The number of hydrogen-bond donors (Lipinski definition) is 3. The smallest absolute Gasteiger partial charge is 0.342 e. The molecule has 0 bridgehead atoms. The normalized spacial score (nSPS) is 11.5. The third-order valence-electron chi connectivity index (χ3n) is 10.2. The van der Waals surface area contributed by atoms with E-state index in [2.05, 4.69) is 55.0 Å². The highest BCUT2D eigenvalue weighted by atomic mass is 32.2. The second kappa shape index (κ2) is 22.2. The van der Waals surface area contributed by atoms with Gasteiger partial charge in [-0.05, 0) is 76.8 Å². The first-order valence-electron chi connectivity index (χ1n) is 20.1. The van der Waals surface area contributed by atoms with Crippen molar-refractivity contribution in [2.45, 2.75) is 61.0 Å². The second-order valence-corrected chi connectivity index (χ2v) is 21.6. The molecule has 0 aliphatic carbocycles. The van der Waals surface area contributed by atoms with E-state index in [0.717, 1.165) is 36.9 Å². The number of methoxy groups -OCH3 is 2. The molecule has 13 heteroatoms. The lowest BCUT2D eigenvalue weighted by Crippen LogP contribution is -2.69. The van der Waals surface area contributed by atoms with Crippen LogP contribution in [-0.2, 0) is 21.0 Å². The molecule has 0 aliphatic rings. The summed E-state index contributed by atoms with van der Waals surface area (Å²) in [4.78, 5) is 36.4. The van der Waals surface area contributed by atoms with Crippen LogP contribution in [0.15, 0.2) is 153 Å². The third kappa shape index (κ3) is 11.2. The summed E-state index contributed by atoms with van der Waals surface area (Å²) in [6.07, 6.45) is 2.44. The van der Waals surface area contributed by atoms with Crippen LogP contribution >= 0.6 is 23.5 Å². The lowest BCUT2D eigenvalue weighted by atomic mass is 10.0. The minimum Gasteiger partial charge on any atom is -0.533 e. The van der Waals surface area contributed by atoms with Gasteiger partial charge >= 0.3 is 20.3 Å². The summed E-state index contributed by atoms with van der Waals surface area (Å²) < 4.78 is 17.5. The van der Waals surface area contributed by atoms with Crippen molar-refractivity contribution >= 4 is 78.2 Å². The highest BCUT2D eigenvalue weighted by Gasteiger charge is 2.52. The third-order valence-corrected chi connectivity index (χ3v) is 17.3. The second-order valence-electron chi connectivity index (χ2n) is 15.3. The zero-order valence-electron chi connectivity index (χ0n) is 36.6. The van der Waals surface area contributed by atoms with E-state index in [1.54, 1.807) is 18.7 Å². The van der Waals surface area contributed by atoms with E-state index in [1.165, 1.54) is 44.7 Å². The Kier molecular flexibility index (Phi) is 16.8. The van der Waals surface area contributed by atoms with Crippen LogP contribution in [-0.4, -0.2) is 52.3 Å². The molecular weight excluding hydrogens is 845 g/mol. The summed E-state index contributed by atoms with van der Waals surface area (Å²) in [7, 11) is -0.349. The summed E-state index contributed by atoms with van der Waals surface area (Å²) in [5, 5.41) is 12.1. The molecule has 6 rings (SSSR count). The maximum Gasteiger partial charge on any atom is 0.342 e. The maximum atomic E-state index is 13.6. The van der Waals surface area contributed by atoms with Crippen LogP contribution in [0.5, 0.6) is 11.5 Å². The Morgan fingerprint density at radius 2 is 1.02 bits per heavy atom. The van der Waals surface area contributed by atoms with Gasteiger partial charge in [0.15, 0.2) is 0 Å². The number of carbonyl (C=O) groups is 2. The van der Waals surface area contributed by atoms with Crippen LogP contribution in [0, 0.1) is 13.8 Å². The molecule has 0 unspecified atom stereocenters. The Balaban J connectivity index is 0.000000276. The molecular formula is C50H54N4O6S2Si. The molecule has 0 saturated carbocycles. The van der Waals surface area contributed by atoms with Crippen molar-refractivity contribution in [3.8, 4) is 11.5 Å². The van der Waals surface area contributed by atoms with E-state index in [-0.39, 0.29) is 16.4 Å². The molecule has 0 spiro atoms. The molecule has 0 fully saturated rings. The highest BCUT2D eigenvalue weighted by Crippen LogP contribution is 2.43. The predicted molar refractivity (Wildman–Crippen MR) is 262 cm³/mol. The van der Waals surface area contributed by atoms with Crippen LogP contribution in [0.3, 0.4) is 0 Å². The average Bonchev–Trinajstić information content (AvgIpc) is 3.29. The number of nitrogens with two attached hydrogens (primary N) is 2. The number of aromatic hydroxyl groups is 1. The van der Waals surface area contributed by atoms with Gasteiger partial charge in [0.2, 0.25) is 0 Å². The van der Waals surface area contributed by atoms with Gasteiger partial charge in [-0.15, -0.1) is 23.5 Å². The zero-order valence-corrected chi connectivity index (χ0v) is 39.3. The van der Waals surface area contributed by atoms with Crippen molar-refractivity contribution in [3.63, 3.8) is 0 Å². The summed E-state index contributed by atoms with van der Waals surface area (Å²) in [5.41, 5.74) is 15.9. The van der Waals surface area contributed by atoms with E-state index >= 15 is 0 Å². The molecule has 5 N–H and O–H groups in total. The van der Waals surface area contributed by atoms with Gasteiger partial charge in [-0.25, -0.2) is 19.6 Å². The van der Waals surface area contributed by atoms with Crippen molar-refractivity contribution in [2.24, 2.45) is 21.5 Å². The highest BCUT2D eigenvalue weighted by molar-refractivity contribution is 7.98. The van der Waals surface area contributed by atoms with Crippen LogP contribution in [0.1, 0.15) is 63.7 Å². The molecule has 0 radical (unpaired) electrons. The first kappa shape index (κ1) is 47.8. The molecule has 0 heterocycles. The van der Waals surface area contributed by atoms with Gasteiger partial charge in [0, 0.05) is 32.4 Å². The Labute approximate surface area is 380 Å². The lowest BCUT2D eigenvalue weighted by Gasteiger charge is -2.43. The Bertz CT molecular complexity index is 2500. The van der Waals surface area contributed by atoms with Gasteiger partial charge in [0.05, 0.1) is 38.3 Å². The molecule has 0 aromatic heterocycles. The minimum absolute atomic E-state index is 0.117. The van der Waals surface area contributed by atoms with Gasteiger partial charge < -0.3 is 30.5 Å². The number of carbonyl (C=O) groups excluding carboxylic acids is 2. The largest absolute Gasteiger partial charge is 0.533 e. The molecule has 63 heavy (non-hydrogen) atoms. The average molecular weight is 899 g/mol. The van der Waals surface area contributed by atoms with E-state index in [0.29, 0.717) is 39.8 Å². The van der Waals surface area contributed by atoms with Crippen LogP contribution in [0.25, 0.3) is 0 Å². The number of esters is 2. The fourth-order valence-corrected chi connectivity index (χ4v) is 13.7. The first-order valence-corrected chi connectivity index (χ1v) is 24.0. The number of rotatable bonds is 14. The number of ether oxygens (including phenoxy) is 2. The number of aryl methyl sites for hydroxylation is 2. The molecule has 6 aromatic carbocycles. The monoisotopic (exact) mass is 898 g/mol. The Morgan fingerprint density at radius 3 is 1.41 bits per heavy atom. The Morgan fingerprint density at radius 1 is 0.635 bits per heavy atom. The molecule has 0 aliphatic heterocycles. The number of thioether (sulfide) groups is 2. The standard InChI is InChI=1S/C33H36N2O3SSi.C17H18N2O3S/c1-24-21-29(30(32(36)37-5)28(31(24)35-23-34)22-39-25-15-9-6-10-16-25)38-40(33(2,3)4,26-17-11-7-12-18-26)27-19-13-8-14-20-27;1-11-8-14(20)15(17(21)22-2)13(16(11)19-10-18)9-23-12-6-4-3-5-7-12/h6-21,23H,22H2,1-5H3,(H2,34,35);3-8,10,20H,9H2,1-2H3,(H2,18,19). The SMILES string of the molecule is COC(=O)c1c(O)cc(C)c(N=CN)c1CSc1ccccc1.COC(=O)c1c(O[Si](c2ccccc2)(c2ccccc2)C(C)(C)C)cc(C)c(N=CN)c1CSc1ccccc1. The number of benzene rings is 6. The maximum absolute atomic E-state index is 13.6. The predicted octanol–water partition coefficient (Wildman–Crippen LogP) is 10.0. The molecule has 0 atom stereocenters. The molecule has 326 valence electrons. The topological polar surface area (TPSA) is 159 Å². The summed E-state index contributed by atoms with van der Waals surface area (Å²) in [6, 6.07) is 44.0. The Hall–Kier alpha value is -6.28. The summed E-state index contributed by atoms with van der Waals surface area (Å²) in [5.74, 6) is 0.257. The van der Waals surface area contributed by atoms with Crippen LogP contribution < -0.4 is 26.3 Å². The molecule has 6 aromatic rings. The zero-order chi connectivity index (χ0) is 45.6. The van der Waals surface area contributed by atoms with Crippen molar-refractivity contribution in [1.82, 2.24) is 0 Å². The lowest BCUT2D eigenvalue weighted by molar-refractivity contribution is 0.0587. The first-order chi connectivity index (χ1) is 30.3. The fourth-order valence-electron chi connectivity index (χ4n) is 7.38. The van der Waals surface area contributed by atoms with E-state index in [9.17, 15) is 14.7 Å². The van der Waals surface area contributed by atoms with E-state index < -0.39 is 20.3 Å². The summed E-state index contributed by atoms with van der Waals surface area (Å²) in [6.45, 7) is 10.4. The quantitative estimate of drug-likeness (QED) is 0.0316. The number of nitrogens with zero attached hydrogens (tertiary/aromatic N) is 2. The van der Waals surface area contributed by atoms with Crippen molar-refractivity contribution in [2.75, 3.05) is 14.2 Å².